The van der Waals surface area contributed by atoms with Gasteiger partial charge in [-0.25, -0.2) is 0 Å². The normalized spacial score (nSPS) is 10.6. The third kappa shape index (κ3) is 5.59. The first-order valence-electron chi connectivity index (χ1n) is 9.88. The Balaban J connectivity index is 2.05. The molecule has 1 N–H and O–H groups in total. The first-order valence-corrected chi connectivity index (χ1v) is 9.88. The second kappa shape index (κ2) is 9.93. The largest absolute Gasteiger partial charge is 0.372 e. The molecule has 0 saturated heterocycles. The minimum atomic E-state index is -0.223. The summed E-state index contributed by atoms with van der Waals surface area (Å²) in [6.45, 7) is 11.8. The van der Waals surface area contributed by atoms with Crippen molar-refractivity contribution in [2.45, 2.75) is 40.5 Å². The van der Waals surface area contributed by atoms with E-state index in [-0.39, 0.29) is 18.4 Å². The van der Waals surface area contributed by atoms with Gasteiger partial charge in [0.25, 0.3) is 0 Å². The lowest BCUT2D eigenvalue weighted by Gasteiger charge is -2.22. The summed E-state index contributed by atoms with van der Waals surface area (Å²) in [7, 11) is 0. The van der Waals surface area contributed by atoms with Crippen molar-refractivity contribution in [1.82, 2.24) is 0 Å². The van der Waals surface area contributed by atoms with Crippen LogP contribution >= 0.6 is 0 Å². The molecule has 2 amide bonds. The van der Waals surface area contributed by atoms with Gasteiger partial charge in [0.1, 0.15) is 6.54 Å². The van der Waals surface area contributed by atoms with Gasteiger partial charge in [-0.3, -0.25) is 9.59 Å². The summed E-state index contributed by atoms with van der Waals surface area (Å²) in [5.74, 6) is 0.0329. The molecule has 0 heterocycles. The van der Waals surface area contributed by atoms with E-state index in [0.29, 0.717) is 5.92 Å². The van der Waals surface area contributed by atoms with Crippen LogP contribution in [0.1, 0.15) is 46.1 Å². The van der Waals surface area contributed by atoms with Crippen LogP contribution in [0, 0.1) is 0 Å². The van der Waals surface area contributed by atoms with Gasteiger partial charge in [0.2, 0.25) is 11.8 Å². The zero-order valence-corrected chi connectivity index (χ0v) is 17.5. The molecule has 2 rings (SSSR count). The van der Waals surface area contributed by atoms with Crippen molar-refractivity contribution in [3.05, 3.63) is 54.1 Å². The van der Waals surface area contributed by atoms with Crippen molar-refractivity contribution in [3.63, 3.8) is 0 Å². The van der Waals surface area contributed by atoms with Gasteiger partial charge >= 0.3 is 0 Å². The number of hydrogen-bond donors (Lipinski definition) is 1. The number of nitrogens with zero attached hydrogens (tertiary/aromatic N) is 2. The van der Waals surface area contributed by atoms with Crippen molar-refractivity contribution >= 4 is 28.9 Å². The van der Waals surface area contributed by atoms with Gasteiger partial charge in [-0.2, -0.15) is 0 Å². The molecule has 0 aliphatic carbocycles. The monoisotopic (exact) mass is 381 g/mol. The molecular weight excluding hydrogens is 350 g/mol. The van der Waals surface area contributed by atoms with Gasteiger partial charge in [0, 0.05) is 37.1 Å². The molecule has 150 valence electrons. The third-order valence-corrected chi connectivity index (χ3v) is 4.83. The second-order valence-corrected chi connectivity index (χ2v) is 7.12. The summed E-state index contributed by atoms with van der Waals surface area (Å²) < 4.78 is 0. The van der Waals surface area contributed by atoms with Gasteiger partial charge in [0.05, 0.1) is 0 Å². The maximum atomic E-state index is 12.5. The Morgan fingerprint density at radius 2 is 1.43 bits per heavy atom. The number of anilines is 3. The number of rotatable bonds is 8. The molecule has 5 nitrogen and oxygen atoms in total. The molecule has 0 fully saturated rings. The molecule has 0 radical (unpaired) electrons. The van der Waals surface area contributed by atoms with Crippen LogP contribution < -0.4 is 15.1 Å². The number of carbonyl (C=O) groups excluding carboxylic acids is 2. The maximum absolute atomic E-state index is 12.5. The van der Waals surface area contributed by atoms with Crippen molar-refractivity contribution in [2.24, 2.45) is 0 Å². The van der Waals surface area contributed by atoms with Crippen molar-refractivity contribution < 1.29 is 9.59 Å². The van der Waals surface area contributed by atoms with Crippen molar-refractivity contribution in [3.8, 4) is 0 Å². The molecule has 0 spiro atoms. The van der Waals surface area contributed by atoms with Crippen LogP contribution in [0.4, 0.5) is 17.1 Å². The standard InChI is InChI=1S/C23H31N3O2/c1-6-25(7-2)21-14-10-20(11-15-21)24-23(28)16-26(18(5)27)22-12-8-19(9-13-22)17(3)4/h8-15,17H,6-7,16H2,1-5H3,(H,24,28). The summed E-state index contributed by atoms with van der Waals surface area (Å²) in [4.78, 5) is 28.3. The van der Waals surface area contributed by atoms with Crippen LogP contribution in [0.15, 0.2) is 48.5 Å². The second-order valence-electron chi connectivity index (χ2n) is 7.12. The zero-order chi connectivity index (χ0) is 20.7. The topological polar surface area (TPSA) is 52.7 Å². The Labute approximate surface area is 168 Å². The lowest BCUT2D eigenvalue weighted by Crippen LogP contribution is -2.36. The van der Waals surface area contributed by atoms with E-state index in [1.54, 1.807) is 0 Å². The van der Waals surface area contributed by atoms with E-state index in [4.69, 9.17) is 0 Å². The highest BCUT2D eigenvalue weighted by Crippen LogP contribution is 2.21. The predicted molar refractivity (Wildman–Crippen MR) is 117 cm³/mol. The van der Waals surface area contributed by atoms with E-state index in [1.165, 1.54) is 17.4 Å². The molecule has 0 unspecified atom stereocenters. The Morgan fingerprint density at radius 1 is 0.893 bits per heavy atom. The van der Waals surface area contributed by atoms with Crippen LogP contribution in [0.3, 0.4) is 0 Å². The molecule has 0 bridgehead atoms. The summed E-state index contributed by atoms with van der Waals surface area (Å²) >= 11 is 0. The van der Waals surface area contributed by atoms with Gasteiger partial charge in [0.15, 0.2) is 0 Å². The Kier molecular flexibility index (Phi) is 7.61. The predicted octanol–water partition coefficient (Wildman–Crippen LogP) is 4.65. The fourth-order valence-electron chi connectivity index (χ4n) is 3.11. The number of hydrogen-bond acceptors (Lipinski definition) is 3. The van der Waals surface area contributed by atoms with Crippen LogP contribution in [-0.2, 0) is 9.59 Å². The summed E-state index contributed by atoms with van der Waals surface area (Å²) in [6, 6.07) is 15.6. The molecule has 0 atom stereocenters. The Morgan fingerprint density at radius 3 is 1.89 bits per heavy atom. The third-order valence-electron chi connectivity index (χ3n) is 4.83. The molecule has 0 saturated carbocycles. The average molecular weight is 382 g/mol. The molecule has 0 aromatic heterocycles. The minimum Gasteiger partial charge on any atom is -0.372 e. The number of benzene rings is 2. The van der Waals surface area contributed by atoms with E-state index >= 15 is 0 Å². The van der Waals surface area contributed by atoms with Crippen LogP contribution in [0.25, 0.3) is 0 Å². The first kappa shape index (κ1) is 21.5. The summed E-state index contributed by atoms with van der Waals surface area (Å²) in [5.41, 5.74) is 3.77. The van der Waals surface area contributed by atoms with E-state index < -0.39 is 0 Å². The Bertz CT molecular complexity index is 778. The summed E-state index contributed by atoms with van der Waals surface area (Å²) in [6.07, 6.45) is 0. The molecule has 5 heteroatoms. The van der Waals surface area contributed by atoms with Crippen LogP contribution in [0.5, 0.6) is 0 Å². The fraction of sp³-hybridized carbons (Fsp3) is 0.391. The molecule has 0 aliphatic heterocycles. The smallest absolute Gasteiger partial charge is 0.244 e. The Hall–Kier alpha value is -2.82. The molecule has 2 aromatic carbocycles. The number of carbonyl (C=O) groups is 2. The number of nitrogens with one attached hydrogen (secondary N) is 1. The van der Waals surface area contributed by atoms with Crippen LogP contribution in [-0.4, -0.2) is 31.4 Å². The van der Waals surface area contributed by atoms with Crippen molar-refractivity contribution in [2.75, 3.05) is 34.8 Å². The van der Waals surface area contributed by atoms with Gasteiger partial charge < -0.3 is 15.1 Å². The SMILES string of the molecule is CCN(CC)c1ccc(NC(=O)CN(C(C)=O)c2ccc(C(C)C)cc2)cc1. The molecule has 0 aliphatic rings. The van der Waals surface area contributed by atoms with E-state index in [1.807, 2.05) is 48.5 Å². The van der Waals surface area contributed by atoms with E-state index in [0.717, 1.165) is 30.2 Å². The highest BCUT2D eigenvalue weighted by atomic mass is 16.2. The van der Waals surface area contributed by atoms with Crippen molar-refractivity contribution in [1.29, 1.82) is 0 Å². The lowest BCUT2D eigenvalue weighted by atomic mass is 10.0. The van der Waals surface area contributed by atoms with E-state index in [2.05, 4.69) is 37.9 Å². The average Bonchev–Trinajstić information content (AvgIpc) is 2.68. The van der Waals surface area contributed by atoms with Gasteiger partial charge in [-0.05, 0) is 61.7 Å². The molecule has 2 aromatic rings. The van der Waals surface area contributed by atoms with E-state index in [9.17, 15) is 9.59 Å². The zero-order valence-electron chi connectivity index (χ0n) is 17.5. The highest BCUT2D eigenvalue weighted by Gasteiger charge is 2.16. The summed E-state index contributed by atoms with van der Waals surface area (Å²) in [5, 5.41) is 2.88. The lowest BCUT2D eigenvalue weighted by molar-refractivity contribution is -0.120. The molecule has 28 heavy (non-hydrogen) atoms. The van der Waals surface area contributed by atoms with Gasteiger partial charge in [-0.15, -0.1) is 0 Å². The highest BCUT2D eigenvalue weighted by molar-refractivity contribution is 6.01. The van der Waals surface area contributed by atoms with Crippen LogP contribution in [0.2, 0.25) is 0 Å². The number of amides is 2. The molecular formula is C23H31N3O2. The maximum Gasteiger partial charge on any atom is 0.244 e. The van der Waals surface area contributed by atoms with Gasteiger partial charge in [-0.1, -0.05) is 26.0 Å². The fourth-order valence-corrected chi connectivity index (χ4v) is 3.11. The quantitative estimate of drug-likeness (QED) is 0.724. The first-order chi connectivity index (χ1) is 13.3. The minimum absolute atomic E-state index is 0.0197.